The zero-order valence-corrected chi connectivity index (χ0v) is 41.9. The van der Waals surface area contributed by atoms with Gasteiger partial charge in [-0.2, -0.15) is 4.40 Å². The molecule has 2 rings (SSSR count). The number of carbonyl (C=O) groups is 2. The van der Waals surface area contributed by atoms with Crippen LogP contribution in [0, 0.1) is 18.8 Å². The van der Waals surface area contributed by atoms with Crippen LogP contribution in [0.2, 0.25) is 0 Å². The summed E-state index contributed by atoms with van der Waals surface area (Å²) in [4.78, 5) is 28.7. The van der Waals surface area contributed by atoms with Gasteiger partial charge in [0.05, 0.1) is 20.5 Å². The van der Waals surface area contributed by atoms with E-state index in [1.54, 1.807) is 6.21 Å². The molecular weight excluding hydrogens is 780 g/mol. The number of halogens is 1. The van der Waals surface area contributed by atoms with Gasteiger partial charge < -0.3 is 31.7 Å². The van der Waals surface area contributed by atoms with Crippen molar-refractivity contribution in [3.63, 3.8) is 0 Å². The first-order valence-corrected chi connectivity index (χ1v) is 21.7. The average Bonchev–Trinajstić information content (AvgIpc) is 3.45. The van der Waals surface area contributed by atoms with Crippen LogP contribution in [0.4, 0.5) is 9.59 Å². The van der Waals surface area contributed by atoms with Gasteiger partial charge in [-0.3, -0.25) is 0 Å². The van der Waals surface area contributed by atoms with Crippen molar-refractivity contribution in [1.82, 2.24) is 14.5 Å². The van der Waals surface area contributed by atoms with Gasteiger partial charge in [0, 0.05) is 36.4 Å². The standard InChI is InChI=1S/C21H40N2O3S.C18H34N2O3S.C3H5.ClH.Mg/c1-10-11-17(22-27(25)20(5,6)7)13-12-16-14-21(8,9)23(15-16)18(24)26-19(2,3)4;1-16(2,3)23-15(21)20-13-14(12-18(20,7)8)10-9-11-19-24(22)17(4,5)6;1-3-2;;/h10,16-17,22H,1,11-15H2,2-9H3;11,14H,9-10,12-13H2,1-8H3;3H,1-2H2;1H;/q;;-1;;+2/p-1/t16-,17?,27?;14-,24?;;;/m00.../s1. The third-order valence-electron chi connectivity index (χ3n) is 8.75. The Morgan fingerprint density at radius 2 is 1.21 bits per heavy atom. The quantitative estimate of drug-likeness (QED) is 0.106. The molecule has 2 heterocycles. The second-order valence-corrected chi connectivity index (χ2v) is 23.7. The topological polar surface area (TPSA) is 118 Å². The molecule has 3 unspecified atom stereocenters. The summed E-state index contributed by atoms with van der Waals surface area (Å²) < 4.78 is 42.2. The van der Waals surface area contributed by atoms with Crippen LogP contribution in [-0.4, -0.2) is 111 Å². The van der Waals surface area contributed by atoms with Gasteiger partial charge >= 0.3 is 35.2 Å². The van der Waals surface area contributed by atoms with Crippen LogP contribution in [0.1, 0.15) is 156 Å². The van der Waals surface area contributed by atoms with Crippen molar-refractivity contribution in [2.24, 2.45) is 16.2 Å². The molecule has 0 saturated carbocycles. The number of rotatable bonds is 11. The molecule has 2 amide bonds. The summed E-state index contributed by atoms with van der Waals surface area (Å²) in [5.41, 5.74) is -1.36. The minimum atomic E-state index is -1.20. The van der Waals surface area contributed by atoms with Crippen molar-refractivity contribution >= 4 is 63.4 Å². The second kappa shape index (κ2) is 24.8. The maximum atomic E-state index is 12.6. The normalized spacial score (nSPS) is 20.8. The van der Waals surface area contributed by atoms with Crippen molar-refractivity contribution in [2.75, 3.05) is 13.1 Å². The molecule has 2 fully saturated rings. The van der Waals surface area contributed by atoms with Crippen molar-refractivity contribution in [1.29, 1.82) is 0 Å². The molecule has 5 atom stereocenters. The Balaban J connectivity index is -0.000000911. The Kier molecular flexibility index (Phi) is 26.3. The Bertz CT molecular complexity index is 1300. The molecule has 2 aliphatic rings. The van der Waals surface area contributed by atoms with Crippen molar-refractivity contribution in [3.8, 4) is 0 Å². The van der Waals surface area contributed by atoms with Gasteiger partial charge in [0.25, 0.3) is 0 Å². The Labute approximate surface area is 370 Å². The molecule has 0 aromatic heterocycles. The zero-order chi connectivity index (χ0) is 42.5. The molecule has 14 heteroatoms. The van der Waals surface area contributed by atoms with E-state index in [2.05, 4.69) is 56.9 Å². The fourth-order valence-electron chi connectivity index (χ4n) is 6.22. The first kappa shape index (κ1) is 59.2. The van der Waals surface area contributed by atoms with E-state index >= 15 is 0 Å². The van der Waals surface area contributed by atoms with Gasteiger partial charge in [0.2, 0.25) is 0 Å². The molecule has 0 aromatic rings. The molecule has 0 radical (unpaired) electrons. The summed E-state index contributed by atoms with van der Waals surface area (Å²) in [5.74, 6) is 0.840. The maximum Gasteiger partial charge on any atom is 2.00 e. The van der Waals surface area contributed by atoms with Gasteiger partial charge in [-0.05, 0) is 168 Å². The summed E-state index contributed by atoms with van der Waals surface area (Å²) in [6, 6.07) is 0.140. The third-order valence-corrected chi connectivity index (χ3v) is 11.8. The fourth-order valence-corrected chi connectivity index (χ4v) is 7.64. The number of carbonyl (C=O) groups excluding carboxylic acids is 2. The molecule has 56 heavy (non-hydrogen) atoms. The smallest absolute Gasteiger partial charge is 1.00 e. The summed E-state index contributed by atoms with van der Waals surface area (Å²) in [7, 11) is -2.29. The second-order valence-electron chi connectivity index (χ2n) is 19.8. The van der Waals surface area contributed by atoms with E-state index in [0.717, 1.165) is 44.9 Å². The van der Waals surface area contributed by atoms with Crippen molar-refractivity contribution in [2.45, 2.75) is 194 Å². The summed E-state index contributed by atoms with van der Waals surface area (Å²) in [6.45, 7) is 43.1. The number of hydrogen-bond acceptors (Lipinski definition) is 6. The molecule has 0 spiro atoms. The van der Waals surface area contributed by atoms with Crippen LogP contribution in [-0.2, 0) is 31.4 Å². The average molecular weight is 860 g/mol. The third kappa shape index (κ3) is 23.5. The molecular formula is C42H79ClMgN4O6S2. The molecule has 2 saturated heterocycles. The first-order valence-electron chi connectivity index (χ1n) is 19.4. The van der Waals surface area contributed by atoms with Crippen LogP contribution >= 0.6 is 0 Å². The number of ether oxygens (including phenoxy) is 2. The number of likely N-dealkylation sites (tertiary alicyclic amines) is 2. The van der Waals surface area contributed by atoms with Crippen LogP contribution < -0.4 is 17.1 Å². The number of allylic oxidation sites excluding steroid dienone is 1. The van der Waals surface area contributed by atoms with Gasteiger partial charge in [-0.15, -0.1) is 6.58 Å². The predicted octanol–water partition coefficient (Wildman–Crippen LogP) is 6.76. The minimum Gasteiger partial charge on any atom is -1.00 e. The van der Waals surface area contributed by atoms with Crippen molar-refractivity contribution < 1.29 is 39.9 Å². The number of nitrogens with zero attached hydrogens (tertiary/aromatic N) is 3. The molecule has 2 aliphatic heterocycles. The van der Waals surface area contributed by atoms with E-state index < -0.39 is 33.2 Å². The summed E-state index contributed by atoms with van der Waals surface area (Å²) in [6.07, 6.45) is 11.0. The van der Waals surface area contributed by atoms with E-state index in [9.17, 15) is 18.0 Å². The molecule has 1 N–H and O–H groups in total. The summed E-state index contributed by atoms with van der Waals surface area (Å²) >= 11 is 0. The van der Waals surface area contributed by atoms with E-state index in [4.69, 9.17) is 9.47 Å². The van der Waals surface area contributed by atoms with Crippen LogP contribution in [0.5, 0.6) is 0 Å². The predicted molar refractivity (Wildman–Crippen MR) is 236 cm³/mol. The van der Waals surface area contributed by atoms with Gasteiger partial charge in [-0.1, -0.05) is 6.08 Å². The fraction of sp³-hybridized carbons (Fsp3) is 0.810. The van der Waals surface area contributed by atoms with E-state index in [1.807, 2.05) is 99.0 Å². The Morgan fingerprint density at radius 1 is 0.821 bits per heavy atom. The van der Waals surface area contributed by atoms with E-state index in [0.29, 0.717) is 24.9 Å². The van der Waals surface area contributed by atoms with Crippen LogP contribution in [0.25, 0.3) is 0 Å². The maximum absolute atomic E-state index is 12.6. The van der Waals surface area contributed by atoms with Gasteiger partial charge in [0.1, 0.15) is 22.2 Å². The molecule has 324 valence electrons. The SMILES string of the molecule is C=CCC(CC[C@@H]1CN(C(=O)OC(C)(C)C)C(C)(C)C1)NS(=O)C(C)(C)C.C=C[CH2-].CC(C)(C)OC(=O)N1C[C@@H](CCC=NS(=O)C(C)(C)C)CC1(C)C.[Cl-].[Mg+2]. The minimum absolute atomic E-state index is 0. The monoisotopic (exact) mass is 858 g/mol. The Morgan fingerprint density at radius 3 is 1.55 bits per heavy atom. The molecule has 10 nitrogen and oxygen atoms in total. The zero-order valence-electron chi connectivity index (χ0n) is 38.1. The first-order chi connectivity index (χ1) is 24.3. The molecule has 0 aliphatic carbocycles. The van der Waals surface area contributed by atoms with E-state index in [1.165, 1.54) is 6.08 Å². The van der Waals surface area contributed by atoms with E-state index in [-0.39, 0.29) is 74.3 Å². The van der Waals surface area contributed by atoms with Gasteiger partial charge in [-0.25, -0.2) is 42.3 Å². The van der Waals surface area contributed by atoms with Crippen LogP contribution in [0.15, 0.2) is 29.7 Å². The molecule has 0 bridgehead atoms. The largest absolute Gasteiger partial charge is 2.00 e. The van der Waals surface area contributed by atoms with Crippen LogP contribution in [0.3, 0.4) is 0 Å². The number of nitrogens with one attached hydrogen (secondary N) is 1. The van der Waals surface area contributed by atoms with Gasteiger partial charge in [0.15, 0.2) is 0 Å². The molecule has 0 aromatic carbocycles. The number of hydrogen-bond donors (Lipinski definition) is 1. The number of amides is 2. The summed E-state index contributed by atoms with van der Waals surface area (Å²) in [5, 5.41) is 0. The Hall–Kier alpha value is -1.12. The van der Waals surface area contributed by atoms with Crippen molar-refractivity contribution in [3.05, 3.63) is 32.2 Å².